The van der Waals surface area contributed by atoms with Gasteiger partial charge in [-0.05, 0) is 24.5 Å². The molecule has 0 radical (unpaired) electrons. The molecule has 3 N–H and O–H groups in total. The molecule has 5 nitrogen and oxygen atoms in total. The number of carbonyl (C=O) groups is 1. The van der Waals surface area contributed by atoms with E-state index in [1.54, 1.807) is 0 Å². The summed E-state index contributed by atoms with van der Waals surface area (Å²) < 4.78 is 11.3. The lowest BCUT2D eigenvalue weighted by molar-refractivity contribution is -0.130. The molecule has 4 rings (SSSR count). The Morgan fingerprint density at radius 2 is 2.19 bits per heavy atom. The Labute approximate surface area is 123 Å². The fourth-order valence-corrected chi connectivity index (χ4v) is 3.71. The second-order valence-corrected chi connectivity index (χ2v) is 6.22. The van der Waals surface area contributed by atoms with Gasteiger partial charge < -0.3 is 20.5 Å². The fourth-order valence-electron chi connectivity index (χ4n) is 3.71. The van der Waals surface area contributed by atoms with Crippen LogP contribution in [-0.4, -0.2) is 37.3 Å². The molecule has 5 heteroatoms. The van der Waals surface area contributed by atoms with Crippen LogP contribution in [0.5, 0.6) is 5.75 Å². The molecular formula is C16H20N2O3. The number of para-hydroxylation sites is 1. The summed E-state index contributed by atoms with van der Waals surface area (Å²) in [5, 5.41) is 3.07. The molecule has 21 heavy (non-hydrogen) atoms. The highest BCUT2D eigenvalue weighted by atomic mass is 16.5. The zero-order valence-electron chi connectivity index (χ0n) is 11.8. The van der Waals surface area contributed by atoms with E-state index in [1.807, 2.05) is 24.3 Å². The van der Waals surface area contributed by atoms with Gasteiger partial charge in [-0.3, -0.25) is 4.79 Å². The Morgan fingerprint density at radius 1 is 1.33 bits per heavy atom. The average molecular weight is 288 g/mol. The van der Waals surface area contributed by atoms with Gasteiger partial charge in [-0.2, -0.15) is 0 Å². The molecule has 1 amide bonds. The van der Waals surface area contributed by atoms with Gasteiger partial charge in [0.05, 0.1) is 18.1 Å². The lowest BCUT2D eigenvalue weighted by atomic mass is 9.72. The minimum absolute atomic E-state index is 0.0262. The predicted octanol–water partition coefficient (Wildman–Crippen LogP) is 0.469. The Hall–Kier alpha value is -1.59. The first-order chi connectivity index (χ1) is 10.2. The third-order valence-corrected chi connectivity index (χ3v) is 5.01. The number of nitrogens with two attached hydrogens (primary N) is 1. The Kier molecular flexibility index (Phi) is 3.12. The van der Waals surface area contributed by atoms with Gasteiger partial charge in [0.25, 0.3) is 0 Å². The lowest BCUT2D eigenvalue weighted by Gasteiger charge is -2.46. The van der Waals surface area contributed by atoms with Crippen LogP contribution in [0.3, 0.4) is 0 Å². The number of amides is 1. The fraction of sp³-hybridized carbons (Fsp3) is 0.562. The normalized spacial score (nSPS) is 36.9. The summed E-state index contributed by atoms with van der Waals surface area (Å²) in [5.41, 5.74) is 7.23. The maximum Gasteiger partial charge on any atom is 0.227 e. The lowest BCUT2D eigenvalue weighted by Crippen LogP contribution is -2.69. The van der Waals surface area contributed by atoms with Crippen molar-refractivity contribution in [2.24, 2.45) is 17.6 Å². The number of ether oxygens (including phenoxy) is 2. The van der Waals surface area contributed by atoms with Gasteiger partial charge in [-0.15, -0.1) is 0 Å². The second-order valence-electron chi connectivity index (χ2n) is 6.22. The minimum atomic E-state index is -0.146. The summed E-state index contributed by atoms with van der Waals surface area (Å²) >= 11 is 0. The van der Waals surface area contributed by atoms with Crippen LogP contribution in [0.25, 0.3) is 0 Å². The van der Waals surface area contributed by atoms with Crippen LogP contribution < -0.4 is 15.8 Å². The molecule has 1 aliphatic carbocycles. The van der Waals surface area contributed by atoms with Crippen molar-refractivity contribution in [3.63, 3.8) is 0 Å². The molecule has 2 heterocycles. The Morgan fingerprint density at radius 3 is 3.10 bits per heavy atom. The van der Waals surface area contributed by atoms with Crippen molar-refractivity contribution in [1.29, 1.82) is 0 Å². The van der Waals surface area contributed by atoms with Gasteiger partial charge in [0.2, 0.25) is 5.91 Å². The highest BCUT2D eigenvalue weighted by Crippen LogP contribution is 2.38. The SMILES string of the molecule is NC1C2CCOC2C1NC(=O)C1COc2ccccc2C1. The van der Waals surface area contributed by atoms with E-state index >= 15 is 0 Å². The molecule has 2 fully saturated rings. The number of rotatable bonds is 2. The topological polar surface area (TPSA) is 73.6 Å². The van der Waals surface area contributed by atoms with E-state index in [9.17, 15) is 4.79 Å². The van der Waals surface area contributed by atoms with Gasteiger partial charge in [0, 0.05) is 18.6 Å². The molecule has 1 aromatic carbocycles. The molecule has 0 spiro atoms. The number of nitrogens with one attached hydrogen (secondary N) is 1. The first-order valence-electron chi connectivity index (χ1n) is 7.62. The van der Waals surface area contributed by atoms with E-state index in [0.29, 0.717) is 12.5 Å². The standard InChI is InChI=1S/C16H20N2O3/c17-13-11-5-6-20-15(11)14(13)18-16(19)10-7-9-3-1-2-4-12(9)21-8-10/h1-4,10-11,13-15H,5-8,17H2,(H,18,19). The van der Waals surface area contributed by atoms with Gasteiger partial charge in [0.1, 0.15) is 12.4 Å². The molecular weight excluding hydrogens is 268 g/mol. The maximum absolute atomic E-state index is 12.4. The number of carbonyl (C=O) groups excluding carboxylic acids is 1. The molecule has 0 aromatic heterocycles. The third-order valence-electron chi connectivity index (χ3n) is 5.01. The molecule has 1 saturated carbocycles. The van der Waals surface area contributed by atoms with Crippen molar-refractivity contribution < 1.29 is 14.3 Å². The van der Waals surface area contributed by atoms with Crippen LogP contribution in [0.15, 0.2) is 24.3 Å². The zero-order valence-corrected chi connectivity index (χ0v) is 11.8. The largest absolute Gasteiger partial charge is 0.492 e. The second kappa shape index (κ2) is 5.00. The molecule has 5 unspecified atom stereocenters. The first-order valence-corrected chi connectivity index (χ1v) is 7.62. The van der Waals surface area contributed by atoms with E-state index < -0.39 is 0 Å². The smallest absolute Gasteiger partial charge is 0.227 e. The third kappa shape index (κ3) is 2.12. The molecule has 3 aliphatic rings. The van der Waals surface area contributed by atoms with Crippen molar-refractivity contribution in [3.8, 4) is 5.75 Å². The summed E-state index contributed by atoms with van der Waals surface area (Å²) in [7, 11) is 0. The van der Waals surface area contributed by atoms with Gasteiger partial charge in [-0.1, -0.05) is 18.2 Å². The predicted molar refractivity (Wildman–Crippen MR) is 76.9 cm³/mol. The average Bonchev–Trinajstić information content (AvgIpc) is 2.96. The van der Waals surface area contributed by atoms with Gasteiger partial charge in [0.15, 0.2) is 0 Å². The highest BCUT2D eigenvalue weighted by Gasteiger charge is 2.53. The summed E-state index contributed by atoms with van der Waals surface area (Å²) in [5.74, 6) is 1.19. The summed E-state index contributed by atoms with van der Waals surface area (Å²) in [6, 6.07) is 7.87. The van der Waals surface area contributed by atoms with Crippen molar-refractivity contribution in [2.45, 2.75) is 31.0 Å². The molecule has 5 atom stereocenters. The maximum atomic E-state index is 12.4. The van der Waals surface area contributed by atoms with E-state index in [0.717, 1.165) is 30.8 Å². The van der Waals surface area contributed by atoms with Crippen LogP contribution in [0.2, 0.25) is 0 Å². The number of hydrogen-bond acceptors (Lipinski definition) is 4. The number of fused-ring (bicyclic) bond motifs is 2. The summed E-state index contributed by atoms with van der Waals surface area (Å²) in [4.78, 5) is 12.4. The van der Waals surface area contributed by atoms with Gasteiger partial charge >= 0.3 is 0 Å². The van der Waals surface area contributed by atoms with Crippen molar-refractivity contribution in [3.05, 3.63) is 29.8 Å². The van der Waals surface area contributed by atoms with E-state index in [2.05, 4.69) is 5.32 Å². The highest BCUT2D eigenvalue weighted by molar-refractivity contribution is 5.80. The van der Waals surface area contributed by atoms with Crippen LogP contribution >= 0.6 is 0 Å². The summed E-state index contributed by atoms with van der Waals surface area (Å²) in [6.45, 7) is 1.19. The first kappa shape index (κ1) is 13.1. The van der Waals surface area contributed by atoms with Crippen LogP contribution in [0.1, 0.15) is 12.0 Å². The van der Waals surface area contributed by atoms with E-state index in [1.165, 1.54) is 0 Å². The molecule has 1 saturated heterocycles. The van der Waals surface area contributed by atoms with Crippen molar-refractivity contribution in [1.82, 2.24) is 5.32 Å². The summed E-state index contributed by atoms with van der Waals surface area (Å²) in [6.07, 6.45) is 1.84. The minimum Gasteiger partial charge on any atom is -0.492 e. The monoisotopic (exact) mass is 288 g/mol. The number of benzene rings is 1. The van der Waals surface area contributed by atoms with Crippen LogP contribution in [0.4, 0.5) is 0 Å². The molecule has 0 bridgehead atoms. The molecule has 112 valence electrons. The Balaban J connectivity index is 1.40. The van der Waals surface area contributed by atoms with Crippen molar-refractivity contribution >= 4 is 5.91 Å². The van der Waals surface area contributed by atoms with Crippen LogP contribution in [0, 0.1) is 11.8 Å². The van der Waals surface area contributed by atoms with E-state index in [-0.39, 0.29) is 30.0 Å². The van der Waals surface area contributed by atoms with E-state index in [4.69, 9.17) is 15.2 Å². The number of hydrogen-bond donors (Lipinski definition) is 2. The van der Waals surface area contributed by atoms with Crippen molar-refractivity contribution in [2.75, 3.05) is 13.2 Å². The zero-order chi connectivity index (χ0) is 14.4. The molecule has 1 aromatic rings. The quantitative estimate of drug-likeness (QED) is 0.829. The molecule has 2 aliphatic heterocycles. The Bertz CT molecular complexity index is 562. The van der Waals surface area contributed by atoms with Crippen LogP contribution in [-0.2, 0) is 16.0 Å². The van der Waals surface area contributed by atoms with Gasteiger partial charge in [-0.25, -0.2) is 0 Å².